The van der Waals surface area contributed by atoms with E-state index in [-0.39, 0.29) is 21.9 Å². The van der Waals surface area contributed by atoms with Gasteiger partial charge in [-0.2, -0.15) is 0 Å². The van der Waals surface area contributed by atoms with Gasteiger partial charge in [-0.1, -0.05) is 6.07 Å². The Kier molecular flexibility index (Phi) is 3.94. The minimum Gasteiger partial charge on any atom is -0.440 e. The molecule has 1 heterocycles. The van der Waals surface area contributed by atoms with Crippen LogP contribution in [-0.2, 0) is 10.0 Å². The summed E-state index contributed by atoms with van der Waals surface area (Å²) in [5.74, 6) is -0.453. The van der Waals surface area contributed by atoms with Gasteiger partial charge in [0, 0.05) is 11.7 Å². The van der Waals surface area contributed by atoms with Crippen LogP contribution in [0, 0.1) is 0 Å². The van der Waals surface area contributed by atoms with Crippen molar-refractivity contribution < 1.29 is 17.6 Å². The van der Waals surface area contributed by atoms with Crippen molar-refractivity contribution >= 4 is 33.2 Å². The maximum Gasteiger partial charge on any atom is 0.291 e. The van der Waals surface area contributed by atoms with Crippen molar-refractivity contribution in [1.82, 2.24) is 4.72 Å². The molecule has 3 rings (SSSR count). The molecule has 1 aromatic carbocycles. The molecule has 1 amide bonds. The lowest BCUT2D eigenvalue weighted by molar-refractivity contribution is 0.0996. The first-order chi connectivity index (χ1) is 10.4. The van der Waals surface area contributed by atoms with E-state index >= 15 is 0 Å². The summed E-state index contributed by atoms with van der Waals surface area (Å²) in [6.07, 6.45) is 1.71. The van der Waals surface area contributed by atoms with Gasteiger partial charge in [-0.15, -0.1) is 0 Å². The van der Waals surface area contributed by atoms with E-state index in [0.29, 0.717) is 5.69 Å². The molecule has 2 aromatic rings. The molecule has 0 atom stereocenters. The average Bonchev–Trinajstić information content (AvgIpc) is 3.16. The summed E-state index contributed by atoms with van der Waals surface area (Å²) in [6, 6.07) is 8.94. The van der Waals surface area contributed by atoms with Crippen molar-refractivity contribution in [3.05, 3.63) is 47.4 Å². The van der Waals surface area contributed by atoms with E-state index in [4.69, 9.17) is 16.0 Å². The minimum atomic E-state index is -3.56. The molecule has 1 aromatic heterocycles. The third kappa shape index (κ3) is 3.49. The fraction of sp³-hybridized carbons (Fsp3) is 0.214. The summed E-state index contributed by atoms with van der Waals surface area (Å²) in [7, 11) is -3.56. The molecule has 2 N–H and O–H groups in total. The van der Waals surface area contributed by atoms with Gasteiger partial charge in [0.1, 0.15) is 0 Å². The Labute approximate surface area is 132 Å². The number of sulfonamides is 1. The molecule has 1 fully saturated rings. The van der Waals surface area contributed by atoms with Gasteiger partial charge < -0.3 is 9.73 Å². The van der Waals surface area contributed by atoms with Gasteiger partial charge in [-0.25, -0.2) is 13.1 Å². The van der Waals surface area contributed by atoms with E-state index in [9.17, 15) is 13.2 Å². The SMILES string of the molecule is O=C(Nc1cccc(S(=O)(=O)NC2CC2)c1)c1ccc(Cl)o1. The van der Waals surface area contributed by atoms with Gasteiger partial charge >= 0.3 is 0 Å². The van der Waals surface area contributed by atoms with Crippen molar-refractivity contribution in [2.45, 2.75) is 23.8 Å². The fourth-order valence-electron chi connectivity index (χ4n) is 1.86. The Bertz CT molecular complexity index is 812. The van der Waals surface area contributed by atoms with E-state index in [1.165, 1.54) is 24.3 Å². The lowest BCUT2D eigenvalue weighted by atomic mass is 10.3. The van der Waals surface area contributed by atoms with Crippen molar-refractivity contribution in [2.75, 3.05) is 5.32 Å². The van der Waals surface area contributed by atoms with Crippen LogP contribution in [0.15, 0.2) is 45.7 Å². The van der Waals surface area contributed by atoms with Crippen LogP contribution in [0.2, 0.25) is 5.22 Å². The summed E-state index contributed by atoms with van der Waals surface area (Å²) in [4.78, 5) is 12.1. The first-order valence-corrected chi connectivity index (χ1v) is 8.49. The van der Waals surface area contributed by atoms with Crippen LogP contribution in [0.4, 0.5) is 5.69 Å². The van der Waals surface area contributed by atoms with Crippen LogP contribution in [0.5, 0.6) is 0 Å². The zero-order valence-electron chi connectivity index (χ0n) is 11.4. The molecule has 22 heavy (non-hydrogen) atoms. The highest BCUT2D eigenvalue weighted by molar-refractivity contribution is 7.89. The zero-order chi connectivity index (χ0) is 15.7. The van der Waals surface area contributed by atoms with Gasteiger partial charge in [0.15, 0.2) is 11.0 Å². The summed E-state index contributed by atoms with van der Waals surface area (Å²) in [5.41, 5.74) is 0.358. The topological polar surface area (TPSA) is 88.4 Å². The number of furan rings is 1. The maximum atomic E-state index is 12.1. The van der Waals surface area contributed by atoms with Crippen LogP contribution in [0.25, 0.3) is 0 Å². The van der Waals surface area contributed by atoms with Crippen LogP contribution < -0.4 is 10.0 Å². The number of carbonyl (C=O) groups excluding carboxylic acids is 1. The number of hydrogen-bond donors (Lipinski definition) is 2. The first-order valence-electron chi connectivity index (χ1n) is 6.63. The van der Waals surface area contributed by atoms with Gasteiger partial charge in [-0.05, 0) is 54.8 Å². The molecule has 0 saturated heterocycles. The summed E-state index contributed by atoms with van der Waals surface area (Å²) < 4.78 is 31.9. The second-order valence-corrected chi connectivity index (χ2v) is 7.07. The molecule has 0 spiro atoms. The molecule has 1 saturated carbocycles. The number of nitrogens with one attached hydrogen (secondary N) is 2. The number of hydrogen-bond acceptors (Lipinski definition) is 4. The number of carbonyl (C=O) groups is 1. The van der Waals surface area contributed by atoms with E-state index < -0.39 is 15.9 Å². The first kappa shape index (κ1) is 15.1. The molecule has 1 aliphatic rings. The van der Waals surface area contributed by atoms with E-state index in [0.717, 1.165) is 12.8 Å². The second kappa shape index (κ2) is 5.75. The zero-order valence-corrected chi connectivity index (χ0v) is 12.9. The van der Waals surface area contributed by atoms with Crippen LogP contribution in [0.3, 0.4) is 0 Å². The van der Waals surface area contributed by atoms with Gasteiger partial charge in [0.2, 0.25) is 10.0 Å². The number of amides is 1. The molecule has 0 unspecified atom stereocenters. The monoisotopic (exact) mass is 340 g/mol. The largest absolute Gasteiger partial charge is 0.440 e. The number of halogens is 1. The van der Waals surface area contributed by atoms with Crippen LogP contribution >= 0.6 is 11.6 Å². The molecule has 0 radical (unpaired) electrons. The van der Waals surface area contributed by atoms with Crippen molar-refractivity contribution in [3.63, 3.8) is 0 Å². The highest BCUT2D eigenvalue weighted by Crippen LogP contribution is 2.23. The van der Waals surface area contributed by atoms with Crippen LogP contribution in [-0.4, -0.2) is 20.4 Å². The second-order valence-electron chi connectivity index (χ2n) is 4.98. The molecular weight excluding hydrogens is 328 g/mol. The predicted molar refractivity (Wildman–Crippen MR) is 81.5 cm³/mol. The lowest BCUT2D eigenvalue weighted by Gasteiger charge is -2.08. The highest BCUT2D eigenvalue weighted by atomic mass is 35.5. The Morgan fingerprint density at radius 1 is 1.23 bits per heavy atom. The standard InChI is InChI=1S/C14H13ClN2O4S/c15-13-7-6-12(21-13)14(18)16-10-2-1-3-11(8-10)22(19,20)17-9-4-5-9/h1-3,6-9,17H,4-5H2,(H,16,18). The van der Waals surface area contributed by atoms with Crippen molar-refractivity contribution in [3.8, 4) is 0 Å². The van der Waals surface area contributed by atoms with E-state index in [1.54, 1.807) is 12.1 Å². The Morgan fingerprint density at radius 2 is 2.00 bits per heavy atom. The van der Waals surface area contributed by atoms with Crippen molar-refractivity contribution in [1.29, 1.82) is 0 Å². The van der Waals surface area contributed by atoms with E-state index in [2.05, 4.69) is 10.0 Å². The normalized spacial score (nSPS) is 14.8. The predicted octanol–water partition coefficient (Wildman–Crippen LogP) is 2.63. The highest BCUT2D eigenvalue weighted by Gasteiger charge is 2.28. The summed E-state index contributed by atoms with van der Waals surface area (Å²) >= 11 is 5.61. The average molecular weight is 341 g/mol. The van der Waals surface area contributed by atoms with E-state index in [1.807, 2.05) is 0 Å². The molecule has 116 valence electrons. The van der Waals surface area contributed by atoms with Gasteiger partial charge in [0.05, 0.1) is 4.90 Å². The van der Waals surface area contributed by atoms with Gasteiger partial charge in [0.25, 0.3) is 5.91 Å². The fourth-order valence-corrected chi connectivity index (χ4v) is 3.36. The number of benzene rings is 1. The lowest BCUT2D eigenvalue weighted by Crippen LogP contribution is -2.25. The Morgan fingerprint density at radius 3 is 2.64 bits per heavy atom. The van der Waals surface area contributed by atoms with Crippen LogP contribution in [0.1, 0.15) is 23.4 Å². The number of anilines is 1. The molecule has 0 bridgehead atoms. The smallest absolute Gasteiger partial charge is 0.291 e. The molecular formula is C14H13ClN2O4S. The summed E-state index contributed by atoms with van der Waals surface area (Å²) in [6.45, 7) is 0. The Balaban J connectivity index is 1.77. The third-order valence-electron chi connectivity index (χ3n) is 3.10. The van der Waals surface area contributed by atoms with Gasteiger partial charge in [-0.3, -0.25) is 4.79 Å². The Hall–Kier alpha value is -1.83. The number of rotatable bonds is 5. The minimum absolute atomic E-state index is 0.0218. The summed E-state index contributed by atoms with van der Waals surface area (Å²) in [5, 5.41) is 2.68. The third-order valence-corrected chi connectivity index (χ3v) is 4.82. The molecule has 6 nitrogen and oxygen atoms in total. The maximum absolute atomic E-state index is 12.1. The quantitative estimate of drug-likeness (QED) is 0.875. The van der Waals surface area contributed by atoms with Crippen molar-refractivity contribution in [2.24, 2.45) is 0 Å². The molecule has 8 heteroatoms. The molecule has 0 aliphatic heterocycles. The molecule has 1 aliphatic carbocycles.